The summed E-state index contributed by atoms with van der Waals surface area (Å²) in [4.78, 5) is 0. The Kier molecular flexibility index (Phi) is 3.55. The zero-order valence-electron chi connectivity index (χ0n) is 6.67. The van der Waals surface area contributed by atoms with Crippen molar-refractivity contribution in [3.63, 3.8) is 0 Å². The Bertz CT molecular complexity index is 296. The average molecular weight is 267 g/mol. The van der Waals surface area contributed by atoms with Gasteiger partial charge in [0, 0.05) is 15.1 Å². The first-order valence-corrected chi connectivity index (χ1v) is 4.77. The molecule has 72 valence electrons. The summed E-state index contributed by atoms with van der Waals surface area (Å²) in [7, 11) is 0. The van der Waals surface area contributed by atoms with Crippen LogP contribution in [0.15, 0.2) is 16.6 Å². The summed E-state index contributed by atoms with van der Waals surface area (Å²) in [5.41, 5.74) is 6.03. The summed E-state index contributed by atoms with van der Waals surface area (Å²) in [5.74, 6) is -0.0130. The van der Waals surface area contributed by atoms with Crippen molar-refractivity contribution >= 4 is 27.5 Å². The number of benzene rings is 1. The summed E-state index contributed by atoms with van der Waals surface area (Å²) >= 11 is 8.88. The van der Waals surface area contributed by atoms with Crippen LogP contribution < -0.4 is 5.73 Å². The molecule has 13 heavy (non-hydrogen) atoms. The molecule has 0 amide bonds. The van der Waals surface area contributed by atoms with Crippen LogP contribution in [-0.2, 0) is 0 Å². The van der Waals surface area contributed by atoms with Crippen LogP contribution in [0, 0.1) is 0 Å². The van der Waals surface area contributed by atoms with Gasteiger partial charge >= 0.3 is 0 Å². The van der Waals surface area contributed by atoms with Crippen LogP contribution >= 0.6 is 27.5 Å². The maximum Gasteiger partial charge on any atom is 0.123 e. The monoisotopic (exact) mass is 265 g/mol. The average Bonchev–Trinajstić information content (AvgIpc) is 2.02. The van der Waals surface area contributed by atoms with Crippen LogP contribution in [0.2, 0.25) is 5.02 Å². The Labute approximate surface area is 89.3 Å². The van der Waals surface area contributed by atoms with Gasteiger partial charge in [-0.15, -0.1) is 0 Å². The minimum absolute atomic E-state index is 0.0130. The van der Waals surface area contributed by atoms with E-state index in [1.807, 2.05) is 0 Å². The van der Waals surface area contributed by atoms with Crippen molar-refractivity contribution in [3.8, 4) is 5.75 Å². The van der Waals surface area contributed by atoms with Crippen LogP contribution in [0.3, 0.4) is 0 Å². The van der Waals surface area contributed by atoms with Crippen LogP contribution in [0.4, 0.5) is 0 Å². The largest absolute Gasteiger partial charge is 0.508 e. The predicted molar refractivity (Wildman–Crippen MR) is 54.8 cm³/mol. The van der Waals surface area contributed by atoms with Crippen molar-refractivity contribution < 1.29 is 10.2 Å². The summed E-state index contributed by atoms with van der Waals surface area (Å²) < 4.78 is 0.596. The van der Waals surface area contributed by atoms with Gasteiger partial charge in [-0.2, -0.15) is 0 Å². The van der Waals surface area contributed by atoms with Crippen LogP contribution in [0.25, 0.3) is 0 Å². The molecular weight excluding hydrogens is 257 g/mol. The lowest BCUT2D eigenvalue weighted by molar-refractivity contribution is 0.265. The number of halogens is 2. The molecule has 0 radical (unpaired) electrons. The Morgan fingerprint density at radius 1 is 1.54 bits per heavy atom. The molecule has 3 nitrogen and oxygen atoms in total. The summed E-state index contributed by atoms with van der Waals surface area (Å²) in [5, 5.41) is 18.7. The van der Waals surface area contributed by atoms with Gasteiger partial charge in [-0.05, 0) is 12.1 Å². The highest BCUT2D eigenvalue weighted by molar-refractivity contribution is 9.10. The maximum atomic E-state index is 9.47. The lowest BCUT2D eigenvalue weighted by Crippen LogP contribution is -2.15. The third-order valence-electron chi connectivity index (χ3n) is 1.64. The zero-order chi connectivity index (χ0) is 10.0. The van der Waals surface area contributed by atoms with Crippen molar-refractivity contribution in [2.45, 2.75) is 6.04 Å². The number of aromatic hydroxyl groups is 1. The van der Waals surface area contributed by atoms with E-state index in [9.17, 15) is 5.11 Å². The SMILES string of the molecule is NC(CO)c1c(O)cc(Cl)cc1Br. The maximum absolute atomic E-state index is 9.47. The molecule has 0 aromatic heterocycles. The highest BCUT2D eigenvalue weighted by Crippen LogP contribution is 2.33. The number of phenolic OH excluding ortho intramolecular Hbond substituents is 1. The molecule has 1 unspecified atom stereocenters. The second kappa shape index (κ2) is 4.28. The van der Waals surface area contributed by atoms with E-state index in [-0.39, 0.29) is 12.4 Å². The fourth-order valence-electron chi connectivity index (χ4n) is 1.03. The highest BCUT2D eigenvalue weighted by Gasteiger charge is 2.14. The van der Waals surface area contributed by atoms with Gasteiger partial charge < -0.3 is 15.9 Å². The number of hydrogen-bond acceptors (Lipinski definition) is 3. The first-order chi connectivity index (χ1) is 6.06. The third-order valence-corrected chi connectivity index (χ3v) is 2.51. The number of rotatable bonds is 2. The van der Waals surface area contributed by atoms with E-state index in [0.29, 0.717) is 15.1 Å². The van der Waals surface area contributed by atoms with Gasteiger partial charge in [0.25, 0.3) is 0 Å². The topological polar surface area (TPSA) is 66.5 Å². The van der Waals surface area contributed by atoms with E-state index >= 15 is 0 Å². The molecule has 5 heteroatoms. The molecular formula is C8H9BrClNO2. The van der Waals surface area contributed by atoms with Gasteiger partial charge in [-0.3, -0.25) is 0 Å². The first kappa shape index (κ1) is 10.8. The lowest BCUT2D eigenvalue weighted by atomic mass is 10.1. The van der Waals surface area contributed by atoms with Crippen LogP contribution in [0.5, 0.6) is 5.75 Å². The molecule has 0 bridgehead atoms. The first-order valence-electron chi connectivity index (χ1n) is 3.60. The standard InChI is InChI=1S/C8H9BrClNO2/c9-5-1-4(10)2-7(13)8(5)6(11)3-12/h1-2,6,12-13H,3,11H2. The molecule has 0 heterocycles. The molecule has 1 aromatic carbocycles. The van der Waals surface area contributed by atoms with Gasteiger partial charge in [0.2, 0.25) is 0 Å². The van der Waals surface area contributed by atoms with Gasteiger partial charge in [-0.1, -0.05) is 27.5 Å². The number of phenols is 1. The Balaban J connectivity index is 3.20. The highest BCUT2D eigenvalue weighted by atomic mass is 79.9. The molecule has 0 fully saturated rings. The normalized spacial score (nSPS) is 12.9. The fourth-order valence-corrected chi connectivity index (χ4v) is 2.12. The Hall–Kier alpha value is -0.290. The van der Waals surface area contributed by atoms with E-state index in [4.69, 9.17) is 22.4 Å². The van der Waals surface area contributed by atoms with Crippen molar-refractivity contribution in [3.05, 3.63) is 27.2 Å². The van der Waals surface area contributed by atoms with Gasteiger partial charge in [0.05, 0.1) is 12.6 Å². The second-order valence-electron chi connectivity index (χ2n) is 2.61. The minimum atomic E-state index is -0.605. The zero-order valence-corrected chi connectivity index (χ0v) is 9.01. The van der Waals surface area contributed by atoms with E-state index in [0.717, 1.165) is 0 Å². The van der Waals surface area contributed by atoms with Gasteiger partial charge in [-0.25, -0.2) is 0 Å². The smallest absolute Gasteiger partial charge is 0.123 e. The number of nitrogens with two attached hydrogens (primary N) is 1. The Morgan fingerprint density at radius 3 is 2.62 bits per heavy atom. The third kappa shape index (κ3) is 2.34. The molecule has 0 aliphatic heterocycles. The number of aliphatic hydroxyl groups excluding tert-OH is 1. The van der Waals surface area contributed by atoms with E-state index in [1.54, 1.807) is 6.07 Å². The van der Waals surface area contributed by atoms with Gasteiger partial charge in [0.1, 0.15) is 5.75 Å². The predicted octanol–water partition coefficient (Wildman–Crippen LogP) is 1.80. The molecule has 0 aliphatic rings. The second-order valence-corrected chi connectivity index (χ2v) is 3.90. The van der Waals surface area contributed by atoms with Gasteiger partial charge in [0.15, 0.2) is 0 Å². The molecule has 0 saturated carbocycles. The molecule has 0 spiro atoms. The summed E-state index contributed by atoms with van der Waals surface area (Å²) in [6.45, 7) is -0.228. The van der Waals surface area contributed by atoms with E-state index < -0.39 is 6.04 Å². The number of aliphatic hydroxyl groups is 1. The van der Waals surface area contributed by atoms with Crippen molar-refractivity contribution in [2.24, 2.45) is 5.73 Å². The summed E-state index contributed by atoms with van der Waals surface area (Å²) in [6.07, 6.45) is 0. The van der Waals surface area contributed by atoms with Crippen molar-refractivity contribution in [1.82, 2.24) is 0 Å². The fraction of sp³-hybridized carbons (Fsp3) is 0.250. The molecule has 1 aromatic rings. The van der Waals surface area contributed by atoms with E-state index in [2.05, 4.69) is 15.9 Å². The summed E-state index contributed by atoms with van der Waals surface area (Å²) in [6, 6.07) is 2.40. The number of hydrogen-bond donors (Lipinski definition) is 3. The minimum Gasteiger partial charge on any atom is -0.508 e. The van der Waals surface area contributed by atoms with Crippen LogP contribution in [-0.4, -0.2) is 16.8 Å². The molecule has 4 N–H and O–H groups in total. The quantitative estimate of drug-likeness (QED) is 0.765. The molecule has 1 rings (SSSR count). The molecule has 0 aliphatic carbocycles. The lowest BCUT2D eigenvalue weighted by Gasteiger charge is -2.13. The van der Waals surface area contributed by atoms with Crippen molar-refractivity contribution in [2.75, 3.05) is 6.61 Å². The van der Waals surface area contributed by atoms with Crippen molar-refractivity contribution in [1.29, 1.82) is 0 Å². The van der Waals surface area contributed by atoms with Crippen LogP contribution in [0.1, 0.15) is 11.6 Å². The Morgan fingerprint density at radius 2 is 2.15 bits per heavy atom. The molecule has 0 saturated heterocycles. The molecule has 1 atom stereocenters. The van der Waals surface area contributed by atoms with E-state index in [1.165, 1.54) is 6.07 Å².